The Balaban J connectivity index is 2.06. The van der Waals surface area contributed by atoms with Crippen LogP contribution in [0.4, 0.5) is 10.5 Å². The molecule has 0 aliphatic carbocycles. The summed E-state index contributed by atoms with van der Waals surface area (Å²) in [5.41, 5.74) is 0.648. The number of anilines is 1. The number of halogens is 2. The van der Waals surface area contributed by atoms with Crippen LogP contribution in [0, 0.1) is 5.92 Å². The van der Waals surface area contributed by atoms with Crippen molar-refractivity contribution in [1.29, 1.82) is 0 Å². The molecule has 20 heavy (non-hydrogen) atoms. The van der Waals surface area contributed by atoms with E-state index in [0.717, 1.165) is 8.95 Å². The number of carboxylic acid groups (broad SMARTS) is 1. The van der Waals surface area contributed by atoms with Gasteiger partial charge in [-0.3, -0.25) is 4.79 Å². The first-order valence-corrected chi connectivity index (χ1v) is 7.80. The van der Waals surface area contributed by atoms with Gasteiger partial charge in [0, 0.05) is 22.0 Å². The lowest BCUT2D eigenvalue weighted by Crippen LogP contribution is -2.44. The lowest BCUT2D eigenvalue weighted by molar-refractivity contribution is -0.143. The fraction of sp³-hybridized carbons (Fsp3) is 0.385. The van der Waals surface area contributed by atoms with Gasteiger partial charge in [-0.05, 0) is 56.8 Å². The number of carboxylic acids is 1. The van der Waals surface area contributed by atoms with Crippen molar-refractivity contribution < 1.29 is 14.7 Å². The van der Waals surface area contributed by atoms with Gasteiger partial charge in [-0.1, -0.05) is 6.07 Å². The molecular formula is C13H14Br2N2O3. The maximum atomic E-state index is 12.2. The van der Waals surface area contributed by atoms with Crippen molar-refractivity contribution in [3.8, 4) is 0 Å². The molecule has 0 aromatic heterocycles. The van der Waals surface area contributed by atoms with Gasteiger partial charge in [-0.15, -0.1) is 0 Å². The van der Waals surface area contributed by atoms with Gasteiger partial charge in [0.1, 0.15) is 0 Å². The van der Waals surface area contributed by atoms with Crippen molar-refractivity contribution in [3.63, 3.8) is 0 Å². The van der Waals surface area contributed by atoms with E-state index in [-0.39, 0.29) is 12.6 Å². The number of rotatable bonds is 2. The highest BCUT2D eigenvalue weighted by Crippen LogP contribution is 2.31. The number of urea groups is 1. The van der Waals surface area contributed by atoms with Gasteiger partial charge >= 0.3 is 12.0 Å². The minimum absolute atomic E-state index is 0.253. The minimum atomic E-state index is -0.843. The van der Waals surface area contributed by atoms with Crippen LogP contribution < -0.4 is 5.32 Å². The number of nitrogens with one attached hydrogen (secondary N) is 1. The highest BCUT2D eigenvalue weighted by Gasteiger charge is 2.28. The normalized spacial score (nSPS) is 18.7. The third-order valence-corrected chi connectivity index (χ3v) is 4.57. The molecule has 1 atom stereocenters. The van der Waals surface area contributed by atoms with Crippen LogP contribution in [-0.4, -0.2) is 35.1 Å². The molecule has 108 valence electrons. The van der Waals surface area contributed by atoms with Crippen LogP contribution >= 0.6 is 31.9 Å². The highest BCUT2D eigenvalue weighted by atomic mass is 79.9. The predicted molar refractivity (Wildman–Crippen MR) is 82.8 cm³/mol. The van der Waals surface area contributed by atoms with Crippen LogP contribution in [0.5, 0.6) is 0 Å². The van der Waals surface area contributed by atoms with E-state index in [4.69, 9.17) is 5.11 Å². The number of hydrogen-bond donors (Lipinski definition) is 2. The van der Waals surface area contributed by atoms with Crippen LogP contribution in [0.1, 0.15) is 12.8 Å². The van der Waals surface area contributed by atoms with E-state index in [0.29, 0.717) is 25.1 Å². The standard InChI is InChI=1S/C13H14Br2N2O3/c14-9-4-1-5-10(15)11(9)16-13(20)17-6-2-3-8(7-17)12(18)19/h1,4-5,8H,2-3,6-7H2,(H,16,20)(H,18,19)/t8-/m1/s1. The topological polar surface area (TPSA) is 69.6 Å². The van der Waals surface area contributed by atoms with E-state index in [2.05, 4.69) is 37.2 Å². The first-order chi connectivity index (χ1) is 9.49. The van der Waals surface area contributed by atoms with Crippen molar-refractivity contribution in [2.75, 3.05) is 18.4 Å². The zero-order chi connectivity index (χ0) is 14.7. The number of aliphatic carboxylic acids is 1. The molecule has 0 unspecified atom stereocenters. The Labute approximate surface area is 133 Å². The Kier molecular flexibility index (Phi) is 5.04. The van der Waals surface area contributed by atoms with Gasteiger partial charge in [0.05, 0.1) is 11.6 Å². The molecule has 1 aliphatic rings. The molecule has 0 spiro atoms. The van der Waals surface area contributed by atoms with E-state index in [1.165, 1.54) is 0 Å². The van der Waals surface area contributed by atoms with Gasteiger partial charge in [0.2, 0.25) is 0 Å². The molecule has 5 nitrogen and oxygen atoms in total. The quantitative estimate of drug-likeness (QED) is 0.790. The Hall–Kier alpha value is -1.08. The van der Waals surface area contributed by atoms with Crippen molar-refractivity contribution in [2.24, 2.45) is 5.92 Å². The van der Waals surface area contributed by atoms with E-state index < -0.39 is 11.9 Å². The lowest BCUT2D eigenvalue weighted by Gasteiger charge is -2.31. The fourth-order valence-electron chi connectivity index (χ4n) is 2.17. The lowest BCUT2D eigenvalue weighted by atomic mass is 9.99. The SMILES string of the molecule is O=C(O)[C@@H]1CCCN(C(=O)Nc2c(Br)cccc2Br)C1. The molecule has 2 N–H and O–H groups in total. The van der Waals surface area contributed by atoms with E-state index in [9.17, 15) is 9.59 Å². The average Bonchev–Trinajstić information content (AvgIpc) is 2.43. The van der Waals surface area contributed by atoms with Crippen LogP contribution in [0.25, 0.3) is 0 Å². The summed E-state index contributed by atoms with van der Waals surface area (Å²) in [6, 6.07) is 5.24. The van der Waals surface area contributed by atoms with E-state index in [1.807, 2.05) is 18.2 Å². The number of piperidine rings is 1. The molecule has 1 aromatic carbocycles. The summed E-state index contributed by atoms with van der Waals surface area (Å²) in [5.74, 6) is -1.32. The summed E-state index contributed by atoms with van der Waals surface area (Å²) in [4.78, 5) is 24.8. The number of carbonyl (C=O) groups excluding carboxylic acids is 1. The number of likely N-dealkylation sites (tertiary alicyclic amines) is 1. The van der Waals surface area contributed by atoms with Gasteiger partial charge in [-0.2, -0.15) is 0 Å². The highest BCUT2D eigenvalue weighted by molar-refractivity contribution is 9.11. The zero-order valence-corrected chi connectivity index (χ0v) is 13.8. The van der Waals surface area contributed by atoms with Crippen LogP contribution in [-0.2, 0) is 4.79 Å². The molecule has 2 rings (SSSR count). The first-order valence-electron chi connectivity index (χ1n) is 6.22. The summed E-state index contributed by atoms with van der Waals surface area (Å²) in [7, 11) is 0. The minimum Gasteiger partial charge on any atom is -0.481 e. The second-order valence-corrected chi connectivity index (χ2v) is 6.36. The van der Waals surface area contributed by atoms with Crippen LogP contribution in [0.15, 0.2) is 27.1 Å². The van der Waals surface area contributed by atoms with Gasteiger partial charge < -0.3 is 15.3 Å². The summed E-state index contributed by atoms with van der Waals surface area (Å²) in [6.45, 7) is 0.834. The van der Waals surface area contributed by atoms with Gasteiger partial charge in [-0.25, -0.2) is 4.79 Å². The number of para-hydroxylation sites is 1. The molecule has 0 radical (unpaired) electrons. The number of amides is 2. The van der Waals surface area contributed by atoms with Crippen LogP contribution in [0.3, 0.4) is 0 Å². The summed E-state index contributed by atoms with van der Waals surface area (Å²) < 4.78 is 1.54. The predicted octanol–water partition coefficient (Wildman–Crippen LogP) is 3.54. The Bertz CT molecular complexity index is 516. The average molecular weight is 406 g/mol. The molecule has 1 aliphatic heterocycles. The van der Waals surface area contributed by atoms with Crippen molar-refractivity contribution in [2.45, 2.75) is 12.8 Å². The molecule has 1 saturated heterocycles. The largest absolute Gasteiger partial charge is 0.481 e. The second-order valence-electron chi connectivity index (χ2n) is 4.65. The maximum absolute atomic E-state index is 12.2. The van der Waals surface area contributed by atoms with E-state index in [1.54, 1.807) is 4.90 Å². The molecule has 1 fully saturated rings. The molecule has 0 bridgehead atoms. The van der Waals surface area contributed by atoms with Gasteiger partial charge in [0.15, 0.2) is 0 Å². The van der Waals surface area contributed by atoms with Crippen molar-refractivity contribution in [3.05, 3.63) is 27.1 Å². The molecule has 1 aromatic rings. The number of hydrogen-bond acceptors (Lipinski definition) is 2. The van der Waals surface area contributed by atoms with E-state index >= 15 is 0 Å². The maximum Gasteiger partial charge on any atom is 0.321 e. The Morgan fingerprint density at radius 1 is 1.30 bits per heavy atom. The third-order valence-electron chi connectivity index (χ3n) is 3.25. The number of carbonyl (C=O) groups is 2. The molecule has 7 heteroatoms. The van der Waals surface area contributed by atoms with Crippen molar-refractivity contribution in [1.82, 2.24) is 4.90 Å². The third kappa shape index (κ3) is 3.52. The summed E-state index contributed by atoms with van der Waals surface area (Å²) >= 11 is 6.75. The number of nitrogens with zero attached hydrogens (tertiary/aromatic N) is 1. The van der Waals surface area contributed by atoms with Crippen LogP contribution in [0.2, 0.25) is 0 Å². The first kappa shape index (κ1) is 15.3. The van der Waals surface area contributed by atoms with Gasteiger partial charge in [0.25, 0.3) is 0 Å². The van der Waals surface area contributed by atoms with Crippen molar-refractivity contribution >= 4 is 49.5 Å². The monoisotopic (exact) mass is 404 g/mol. The summed E-state index contributed by atoms with van der Waals surface area (Å²) in [5, 5.41) is 11.9. The Morgan fingerprint density at radius 2 is 1.95 bits per heavy atom. The molecule has 0 saturated carbocycles. The number of benzene rings is 1. The molecule has 2 amide bonds. The summed E-state index contributed by atoms with van der Waals surface area (Å²) in [6.07, 6.45) is 1.33. The molecular weight excluding hydrogens is 392 g/mol. The second kappa shape index (κ2) is 6.58. The smallest absolute Gasteiger partial charge is 0.321 e. The Morgan fingerprint density at radius 3 is 2.55 bits per heavy atom. The molecule has 1 heterocycles. The zero-order valence-electron chi connectivity index (χ0n) is 10.6. The fourth-order valence-corrected chi connectivity index (χ4v) is 3.36.